The average Bonchev–Trinajstić information content (AvgIpc) is 3.08. The molecule has 0 bridgehead atoms. The molecule has 0 aliphatic heterocycles. The van der Waals surface area contributed by atoms with Crippen LogP contribution in [-0.4, -0.2) is 38.7 Å². The van der Waals surface area contributed by atoms with Gasteiger partial charge in [-0.15, -0.1) is 11.3 Å². The number of rotatable bonds is 5. The van der Waals surface area contributed by atoms with E-state index < -0.39 is 15.9 Å². The number of hydroxylamine groups is 2. The highest BCUT2D eigenvalue weighted by atomic mass is 35.5. The van der Waals surface area contributed by atoms with Gasteiger partial charge in [0.15, 0.2) is 0 Å². The quantitative estimate of drug-likeness (QED) is 0.755. The van der Waals surface area contributed by atoms with Crippen LogP contribution >= 0.6 is 22.9 Å². The SMILES string of the molecule is CON(C)C(=O)c1sccc1S(=O)(=O)[N-]c1onc(C)c1Cl. The molecule has 2 aromatic heterocycles. The van der Waals surface area contributed by atoms with E-state index >= 15 is 0 Å². The molecule has 22 heavy (non-hydrogen) atoms. The number of hydrogen-bond donors (Lipinski definition) is 0. The third-order valence-electron chi connectivity index (χ3n) is 2.64. The molecule has 0 spiro atoms. The fraction of sp³-hybridized carbons (Fsp3) is 0.273. The first-order valence-corrected chi connectivity index (χ1v) is 8.47. The van der Waals surface area contributed by atoms with Gasteiger partial charge < -0.3 is 9.25 Å². The van der Waals surface area contributed by atoms with Crippen molar-refractivity contribution in [2.24, 2.45) is 0 Å². The van der Waals surface area contributed by atoms with E-state index in [0.29, 0.717) is 5.69 Å². The first kappa shape index (κ1) is 16.7. The molecular formula is C11H11ClN3O5S2-. The maximum absolute atomic E-state index is 12.3. The van der Waals surface area contributed by atoms with Crippen molar-refractivity contribution in [3.63, 3.8) is 0 Å². The summed E-state index contributed by atoms with van der Waals surface area (Å²) in [6, 6.07) is 1.28. The van der Waals surface area contributed by atoms with Crippen LogP contribution in [0.2, 0.25) is 5.02 Å². The Hall–Kier alpha value is -1.62. The molecule has 0 N–H and O–H groups in total. The van der Waals surface area contributed by atoms with Gasteiger partial charge in [-0.1, -0.05) is 16.8 Å². The zero-order valence-corrected chi connectivity index (χ0v) is 14.1. The normalized spacial score (nSPS) is 11.5. The summed E-state index contributed by atoms with van der Waals surface area (Å²) in [7, 11) is -1.52. The second-order valence-corrected chi connectivity index (χ2v) is 6.92. The molecule has 2 aromatic rings. The summed E-state index contributed by atoms with van der Waals surface area (Å²) >= 11 is 6.80. The minimum Gasteiger partial charge on any atom is -0.538 e. The molecule has 1 amide bonds. The number of aryl methyl sites for hydroxylation is 1. The lowest BCUT2D eigenvalue weighted by molar-refractivity contribution is -0.0755. The predicted octanol–water partition coefficient (Wildman–Crippen LogP) is 2.73. The summed E-state index contributed by atoms with van der Waals surface area (Å²) < 4.78 is 32.9. The number of carbonyl (C=O) groups excluding carboxylic acids is 1. The number of carbonyl (C=O) groups is 1. The Labute approximate surface area is 135 Å². The topological polar surface area (TPSA) is 104 Å². The smallest absolute Gasteiger partial charge is 0.288 e. The van der Waals surface area contributed by atoms with E-state index in [1.807, 2.05) is 0 Å². The second-order valence-electron chi connectivity index (χ2n) is 4.05. The first-order valence-electron chi connectivity index (χ1n) is 5.77. The molecule has 0 fully saturated rings. The Morgan fingerprint density at radius 1 is 1.55 bits per heavy atom. The fourth-order valence-corrected chi connectivity index (χ4v) is 3.91. The standard InChI is InChI=1S/C11H11ClN3O5S2/c1-6-8(12)10(20-13-6)14-22(17,18)7-4-5-21-9(7)11(16)15(2)19-3/h4-5H,1-3H3/q-1. The van der Waals surface area contributed by atoms with E-state index in [0.717, 1.165) is 16.4 Å². The van der Waals surface area contributed by atoms with Crippen LogP contribution in [-0.2, 0) is 14.9 Å². The maximum Gasteiger partial charge on any atom is 0.288 e. The minimum atomic E-state index is -4.18. The summed E-state index contributed by atoms with van der Waals surface area (Å²) in [6.45, 7) is 1.55. The van der Waals surface area contributed by atoms with Crippen molar-refractivity contribution in [3.05, 3.63) is 31.8 Å². The third kappa shape index (κ3) is 3.09. The maximum atomic E-state index is 12.3. The van der Waals surface area contributed by atoms with Crippen LogP contribution in [0.25, 0.3) is 4.72 Å². The lowest BCUT2D eigenvalue weighted by atomic mass is 10.4. The summed E-state index contributed by atoms with van der Waals surface area (Å²) in [5.41, 5.74) is 0.316. The van der Waals surface area contributed by atoms with Crippen LogP contribution < -0.4 is 0 Å². The highest BCUT2D eigenvalue weighted by Gasteiger charge is 2.23. The molecule has 8 nitrogen and oxygen atoms in total. The zero-order valence-electron chi connectivity index (χ0n) is 11.7. The van der Waals surface area contributed by atoms with Crippen molar-refractivity contribution >= 4 is 44.8 Å². The molecule has 0 saturated heterocycles. The molecular weight excluding hydrogens is 354 g/mol. The van der Waals surface area contributed by atoms with Gasteiger partial charge in [-0.25, -0.2) is 13.5 Å². The molecule has 0 unspecified atom stereocenters. The summed E-state index contributed by atoms with van der Waals surface area (Å²) in [5, 5.41) is 5.90. The van der Waals surface area contributed by atoms with E-state index in [1.165, 1.54) is 25.6 Å². The highest BCUT2D eigenvalue weighted by Crippen LogP contribution is 2.37. The van der Waals surface area contributed by atoms with Gasteiger partial charge in [-0.2, -0.15) is 0 Å². The Morgan fingerprint density at radius 3 is 2.77 bits per heavy atom. The lowest BCUT2D eigenvalue weighted by Crippen LogP contribution is -2.25. The molecule has 0 aliphatic rings. The summed E-state index contributed by atoms with van der Waals surface area (Å²) in [6.07, 6.45) is 0. The van der Waals surface area contributed by atoms with Gasteiger partial charge in [0.05, 0.1) is 28.6 Å². The zero-order chi connectivity index (χ0) is 16.5. The van der Waals surface area contributed by atoms with Crippen LogP contribution in [0, 0.1) is 6.92 Å². The van der Waals surface area contributed by atoms with Crippen molar-refractivity contribution in [1.82, 2.24) is 10.2 Å². The van der Waals surface area contributed by atoms with Gasteiger partial charge >= 0.3 is 0 Å². The Balaban J connectivity index is 2.37. The molecule has 2 heterocycles. The largest absolute Gasteiger partial charge is 0.538 e. The van der Waals surface area contributed by atoms with Crippen LogP contribution in [0.3, 0.4) is 0 Å². The number of hydrogen-bond acceptors (Lipinski definition) is 7. The third-order valence-corrected chi connectivity index (χ3v) is 5.41. The molecule has 0 saturated carbocycles. The predicted molar refractivity (Wildman–Crippen MR) is 79.9 cm³/mol. The van der Waals surface area contributed by atoms with Gasteiger partial charge in [0.25, 0.3) is 5.91 Å². The summed E-state index contributed by atoms with van der Waals surface area (Å²) in [4.78, 5) is 16.6. The minimum absolute atomic E-state index is 0.000640. The van der Waals surface area contributed by atoms with Gasteiger partial charge in [-0.3, -0.25) is 9.63 Å². The molecule has 0 radical (unpaired) electrons. The van der Waals surface area contributed by atoms with E-state index in [-0.39, 0.29) is 20.7 Å². The number of thiophene rings is 1. The van der Waals surface area contributed by atoms with Crippen molar-refractivity contribution in [2.45, 2.75) is 11.8 Å². The molecule has 0 aliphatic carbocycles. The van der Waals surface area contributed by atoms with Crippen LogP contribution in [0.4, 0.5) is 5.88 Å². The fourth-order valence-electron chi connectivity index (χ4n) is 1.44. The van der Waals surface area contributed by atoms with Crippen LogP contribution in [0.5, 0.6) is 0 Å². The van der Waals surface area contributed by atoms with E-state index in [9.17, 15) is 13.2 Å². The summed E-state index contributed by atoms with van der Waals surface area (Å²) in [5.74, 6) is -0.935. The second kappa shape index (κ2) is 6.24. The Bertz CT molecular complexity index is 799. The van der Waals surface area contributed by atoms with Crippen molar-refractivity contribution < 1.29 is 22.6 Å². The van der Waals surface area contributed by atoms with Gasteiger partial charge in [0, 0.05) is 7.05 Å². The van der Waals surface area contributed by atoms with Crippen molar-refractivity contribution in [3.8, 4) is 0 Å². The Morgan fingerprint density at radius 2 is 2.23 bits per heavy atom. The molecule has 0 aromatic carbocycles. The highest BCUT2D eigenvalue weighted by molar-refractivity contribution is 7.94. The van der Waals surface area contributed by atoms with Gasteiger partial charge in [-0.05, 0) is 18.4 Å². The van der Waals surface area contributed by atoms with Crippen LogP contribution in [0.1, 0.15) is 15.4 Å². The Kier molecular flexibility index (Phi) is 4.75. The lowest BCUT2D eigenvalue weighted by Gasteiger charge is -2.19. The number of aromatic nitrogens is 1. The number of nitrogens with zero attached hydrogens (tertiary/aromatic N) is 3. The van der Waals surface area contributed by atoms with Gasteiger partial charge in [0.1, 0.15) is 14.9 Å². The van der Waals surface area contributed by atoms with Crippen LogP contribution in [0.15, 0.2) is 20.9 Å². The molecule has 11 heteroatoms. The number of halogens is 1. The van der Waals surface area contributed by atoms with Gasteiger partial charge in [0.2, 0.25) is 0 Å². The monoisotopic (exact) mass is 364 g/mol. The van der Waals surface area contributed by atoms with E-state index in [1.54, 1.807) is 6.92 Å². The van der Waals surface area contributed by atoms with E-state index in [4.69, 9.17) is 21.0 Å². The molecule has 2 rings (SSSR count). The molecule has 0 atom stereocenters. The number of amides is 1. The number of sulfonamides is 1. The average molecular weight is 365 g/mol. The first-order chi connectivity index (χ1) is 10.3. The van der Waals surface area contributed by atoms with Crippen molar-refractivity contribution in [1.29, 1.82) is 0 Å². The molecule has 120 valence electrons. The van der Waals surface area contributed by atoms with E-state index in [2.05, 4.69) is 9.88 Å². The van der Waals surface area contributed by atoms with Crippen molar-refractivity contribution in [2.75, 3.05) is 14.2 Å².